The summed E-state index contributed by atoms with van der Waals surface area (Å²) < 4.78 is 13.4. The Kier molecular flexibility index (Phi) is 3.06. The number of cyclic esters (lactones) is 1. The van der Waals surface area contributed by atoms with Crippen molar-refractivity contribution in [3.63, 3.8) is 0 Å². The number of hydrogen-bond donors (Lipinski definition) is 0. The average molecular weight is 202 g/mol. The largest absolute Gasteiger partial charge is 0.469 e. The van der Waals surface area contributed by atoms with Gasteiger partial charge in [0.15, 0.2) is 0 Å². The lowest BCUT2D eigenvalue weighted by molar-refractivity contribution is -0.164. The van der Waals surface area contributed by atoms with Gasteiger partial charge in [0.2, 0.25) is 6.10 Å². The predicted molar refractivity (Wildman–Crippen MR) is 42.0 cm³/mol. The maximum atomic E-state index is 11.1. The van der Waals surface area contributed by atoms with Crippen LogP contribution in [0.2, 0.25) is 0 Å². The van der Waals surface area contributed by atoms with Crippen LogP contribution in [0, 0.1) is 5.92 Å². The van der Waals surface area contributed by atoms with Crippen LogP contribution in [0.5, 0.6) is 0 Å². The highest BCUT2D eigenvalue weighted by Crippen LogP contribution is 2.24. The van der Waals surface area contributed by atoms with E-state index in [2.05, 4.69) is 14.2 Å². The van der Waals surface area contributed by atoms with Crippen LogP contribution in [0.25, 0.3) is 0 Å². The minimum Gasteiger partial charge on any atom is -0.469 e. The molecule has 1 heterocycles. The molecule has 1 fully saturated rings. The third kappa shape index (κ3) is 1.84. The summed E-state index contributed by atoms with van der Waals surface area (Å²) in [6, 6.07) is 0. The third-order valence-electron chi connectivity index (χ3n) is 1.95. The van der Waals surface area contributed by atoms with Gasteiger partial charge in [0.1, 0.15) is 5.92 Å². The van der Waals surface area contributed by atoms with Crippen LogP contribution in [-0.4, -0.2) is 38.2 Å². The summed E-state index contributed by atoms with van der Waals surface area (Å²) in [6.07, 6.45) is -1.31. The van der Waals surface area contributed by atoms with Crippen LogP contribution in [0.4, 0.5) is 0 Å². The first-order valence-corrected chi connectivity index (χ1v) is 3.95. The Morgan fingerprint density at radius 2 is 1.86 bits per heavy atom. The van der Waals surface area contributed by atoms with Gasteiger partial charge in [0, 0.05) is 0 Å². The summed E-state index contributed by atoms with van der Waals surface area (Å²) in [4.78, 5) is 33.1. The standard InChI is InChI=1S/C8H10O6/c1-12-7(10)4-3-5(9)14-6(4)8(11)13-2/h4,6H,3H2,1-2H3/t4-,6+/m0/s1. The summed E-state index contributed by atoms with van der Waals surface area (Å²) in [5.74, 6) is -2.88. The molecule has 78 valence electrons. The average Bonchev–Trinajstić information content (AvgIpc) is 2.58. The Morgan fingerprint density at radius 1 is 1.29 bits per heavy atom. The van der Waals surface area contributed by atoms with E-state index in [-0.39, 0.29) is 6.42 Å². The highest BCUT2D eigenvalue weighted by Gasteiger charge is 2.45. The number of esters is 3. The van der Waals surface area contributed by atoms with Gasteiger partial charge < -0.3 is 14.2 Å². The second kappa shape index (κ2) is 4.08. The molecule has 6 nitrogen and oxygen atoms in total. The molecule has 0 spiro atoms. The number of carbonyl (C=O) groups is 3. The lowest BCUT2D eigenvalue weighted by Gasteiger charge is -2.12. The summed E-state index contributed by atoms with van der Waals surface area (Å²) in [5.41, 5.74) is 0. The molecule has 1 aliphatic heterocycles. The SMILES string of the molecule is COC(=O)[C@H]1CC(=O)O[C@H]1C(=O)OC. The van der Waals surface area contributed by atoms with E-state index in [9.17, 15) is 14.4 Å². The quantitative estimate of drug-likeness (QED) is 0.433. The summed E-state index contributed by atoms with van der Waals surface area (Å²) >= 11 is 0. The Hall–Kier alpha value is -1.59. The van der Waals surface area contributed by atoms with Crippen LogP contribution in [0.1, 0.15) is 6.42 Å². The van der Waals surface area contributed by atoms with Crippen LogP contribution >= 0.6 is 0 Å². The van der Waals surface area contributed by atoms with Crippen molar-refractivity contribution in [2.45, 2.75) is 12.5 Å². The molecule has 1 aliphatic rings. The van der Waals surface area contributed by atoms with E-state index < -0.39 is 29.9 Å². The maximum absolute atomic E-state index is 11.1. The van der Waals surface area contributed by atoms with E-state index in [4.69, 9.17) is 0 Å². The van der Waals surface area contributed by atoms with E-state index in [0.717, 1.165) is 7.11 Å². The van der Waals surface area contributed by atoms with Gasteiger partial charge in [-0.2, -0.15) is 0 Å². The molecule has 0 aromatic carbocycles. The molecular weight excluding hydrogens is 192 g/mol. The van der Waals surface area contributed by atoms with Crippen LogP contribution < -0.4 is 0 Å². The smallest absolute Gasteiger partial charge is 0.348 e. The minimum atomic E-state index is -1.17. The van der Waals surface area contributed by atoms with Crippen molar-refractivity contribution < 1.29 is 28.6 Å². The molecule has 2 atom stereocenters. The zero-order valence-corrected chi connectivity index (χ0v) is 7.81. The van der Waals surface area contributed by atoms with Gasteiger partial charge in [-0.3, -0.25) is 9.59 Å². The summed E-state index contributed by atoms with van der Waals surface area (Å²) in [7, 11) is 2.34. The Labute approximate surface area is 80.1 Å². The van der Waals surface area contributed by atoms with Crippen LogP contribution in [0.15, 0.2) is 0 Å². The lowest BCUT2D eigenvalue weighted by Crippen LogP contribution is -2.33. The van der Waals surface area contributed by atoms with E-state index >= 15 is 0 Å². The molecule has 1 rings (SSSR count). The van der Waals surface area contributed by atoms with Crippen LogP contribution in [0.3, 0.4) is 0 Å². The minimum absolute atomic E-state index is 0.146. The van der Waals surface area contributed by atoms with E-state index in [1.54, 1.807) is 0 Å². The number of methoxy groups -OCH3 is 2. The fourth-order valence-corrected chi connectivity index (χ4v) is 1.25. The molecule has 0 unspecified atom stereocenters. The molecule has 0 bridgehead atoms. The number of hydrogen-bond acceptors (Lipinski definition) is 6. The highest BCUT2D eigenvalue weighted by molar-refractivity contribution is 5.91. The maximum Gasteiger partial charge on any atom is 0.348 e. The summed E-state index contributed by atoms with van der Waals surface area (Å²) in [6.45, 7) is 0. The third-order valence-corrected chi connectivity index (χ3v) is 1.95. The molecule has 0 N–H and O–H groups in total. The van der Waals surface area contributed by atoms with E-state index in [0.29, 0.717) is 0 Å². The molecule has 6 heteroatoms. The fraction of sp³-hybridized carbons (Fsp3) is 0.625. The summed E-state index contributed by atoms with van der Waals surface area (Å²) in [5, 5.41) is 0. The van der Waals surface area contributed by atoms with Crippen molar-refractivity contribution in [2.24, 2.45) is 5.92 Å². The van der Waals surface area contributed by atoms with E-state index in [1.807, 2.05) is 0 Å². The normalized spacial score (nSPS) is 25.4. The first kappa shape index (κ1) is 10.5. The zero-order chi connectivity index (χ0) is 10.7. The van der Waals surface area contributed by atoms with Crippen molar-refractivity contribution in [1.82, 2.24) is 0 Å². The van der Waals surface area contributed by atoms with Crippen molar-refractivity contribution in [1.29, 1.82) is 0 Å². The first-order valence-electron chi connectivity index (χ1n) is 3.95. The molecule has 0 aromatic heterocycles. The van der Waals surface area contributed by atoms with Crippen LogP contribution in [-0.2, 0) is 28.6 Å². The Bertz CT molecular complexity index is 245. The van der Waals surface area contributed by atoms with Gasteiger partial charge in [-0.15, -0.1) is 0 Å². The monoisotopic (exact) mass is 202 g/mol. The van der Waals surface area contributed by atoms with Gasteiger partial charge in [-0.05, 0) is 0 Å². The second-order valence-corrected chi connectivity index (χ2v) is 2.77. The Balaban J connectivity index is 2.77. The van der Waals surface area contributed by atoms with Gasteiger partial charge >= 0.3 is 17.9 Å². The topological polar surface area (TPSA) is 78.9 Å². The predicted octanol–water partition coefficient (Wildman–Crippen LogP) is -0.736. The molecule has 0 amide bonds. The molecule has 0 aliphatic carbocycles. The van der Waals surface area contributed by atoms with Gasteiger partial charge in [-0.25, -0.2) is 4.79 Å². The molecule has 0 saturated carbocycles. The Morgan fingerprint density at radius 3 is 2.36 bits per heavy atom. The second-order valence-electron chi connectivity index (χ2n) is 2.77. The van der Waals surface area contributed by atoms with Crippen molar-refractivity contribution in [3.8, 4) is 0 Å². The number of rotatable bonds is 2. The molecule has 1 saturated heterocycles. The molecule has 0 aromatic rings. The molecule has 0 radical (unpaired) electrons. The lowest BCUT2D eigenvalue weighted by atomic mass is 10.0. The van der Waals surface area contributed by atoms with E-state index in [1.165, 1.54) is 7.11 Å². The van der Waals surface area contributed by atoms with Gasteiger partial charge in [0.25, 0.3) is 0 Å². The number of ether oxygens (including phenoxy) is 3. The fourth-order valence-electron chi connectivity index (χ4n) is 1.25. The van der Waals surface area contributed by atoms with Gasteiger partial charge in [-0.1, -0.05) is 0 Å². The van der Waals surface area contributed by atoms with Crippen molar-refractivity contribution in [3.05, 3.63) is 0 Å². The first-order chi connectivity index (χ1) is 6.60. The zero-order valence-electron chi connectivity index (χ0n) is 7.81. The molecular formula is C8H10O6. The number of carbonyl (C=O) groups excluding carboxylic acids is 3. The highest BCUT2D eigenvalue weighted by atomic mass is 16.6. The molecule has 14 heavy (non-hydrogen) atoms. The van der Waals surface area contributed by atoms with Gasteiger partial charge in [0.05, 0.1) is 20.6 Å². The van der Waals surface area contributed by atoms with Crippen molar-refractivity contribution >= 4 is 17.9 Å². The van der Waals surface area contributed by atoms with Crippen molar-refractivity contribution in [2.75, 3.05) is 14.2 Å².